The highest BCUT2D eigenvalue weighted by Gasteiger charge is 2.05. The number of hydrogen-bond donors (Lipinski definition) is 0. The van der Waals surface area contributed by atoms with Crippen LogP contribution in [0.4, 0.5) is 0 Å². The molecule has 0 N–H and O–H groups in total. The van der Waals surface area contributed by atoms with Crippen LogP contribution in [0.3, 0.4) is 0 Å². The van der Waals surface area contributed by atoms with Crippen LogP contribution in [0.1, 0.15) is 11.1 Å². The lowest BCUT2D eigenvalue weighted by atomic mass is 10.4. The SMILES string of the molecule is Cc1ccsc1SOSc1sccc1C. The molecule has 0 aliphatic heterocycles. The minimum Gasteiger partial charge on any atom is -0.235 e. The Balaban J connectivity index is 1.86. The van der Waals surface area contributed by atoms with Crippen molar-refractivity contribution < 1.29 is 3.63 Å². The molecule has 0 fully saturated rings. The third-order valence-corrected chi connectivity index (χ3v) is 5.94. The molecule has 80 valence electrons. The predicted molar refractivity (Wildman–Crippen MR) is 70.9 cm³/mol. The van der Waals surface area contributed by atoms with E-state index in [0.29, 0.717) is 0 Å². The molecular weight excluding hydrogens is 264 g/mol. The summed E-state index contributed by atoms with van der Waals surface area (Å²) in [5.74, 6) is 0. The molecule has 0 bridgehead atoms. The Morgan fingerprint density at radius 3 is 1.73 bits per heavy atom. The van der Waals surface area contributed by atoms with E-state index in [9.17, 15) is 0 Å². The fourth-order valence-electron chi connectivity index (χ4n) is 0.967. The van der Waals surface area contributed by atoms with Gasteiger partial charge in [0.15, 0.2) is 0 Å². The van der Waals surface area contributed by atoms with Crippen molar-refractivity contribution in [2.24, 2.45) is 0 Å². The number of rotatable bonds is 4. The van der Waals surface area contributed by atoms with Crippen LogP contribution in [0.2, 0.25) is 0 Å². The highest BCUT2D eigenvalue weighted by molar-refractivity contribution is 8.09. The van der Waals surface area contributed by atoms with E-state index >= 15 is 0 Å². The molecule has 0 aliphatic rings. The largest absolute Gasteiger partial charge is 0.235 e. The van der Waals surface area contributed by atoms with Gasteiger partial charge in [-0.1, -0.05) is 0 Å². The molecule has 0 aliphatic carbocycles. The Morgan fingerprint density at radius 1 is 0.933 bits per heavy atom. The highest BCUT2D eigenvalue weighted by Crippen LogP contribution is 2.37. The standard InChI is InChI=1S/C10H10OS4/c1-7-3-5-12-9(7)14-11-15-10-8(2)4-6-13-10/h3-6H,1-2H3. The van der Waals surface area contributed by atoms with Gasteiger partial charge in [-0.3, -0.25) is 0 Å². The lowest BCUT2D eigenvalue weighted by molar-refractivity contribution is 0.760. The van der Waals surface area contributed by atoms with E-state index in [-0.39, 0.29) is 0 Å². The molecule has 0 aromatic carbocycles. The van der Waals surface area contributed by atoms with Gasteiger partial charge in [0.25, 0.3) is 0 Å². The summed E-state index contributed by atoms with van der Waals surface area (Å²) >= 11 is 6.34. The van der Waals surface area contributed by atoms with Gasteiger partial charge in [-0.15, -0.1) is 22.7 Å². The normalized spacial score (nSPS) is 10.8. The molecule has 2 aromatic heterocycles. The Hall–Kier alpha value is 0.0600. The van der Waals surface area contributed by atoms with Crippen molar-refractivity contribution in [1.29, 1.82) is 0 Å². The Kier molecular flexibility index (Phi) is 4.16. The number of thiophene rings is 2. The summed E-state index contributed by atoms with van der Waals surface area (Å²) in [6, 6.07) is 4.22. The Labute approximate surface area is 106 Å². The van der Waals surface area contributed by atoms with Gasteiger partial charge in [-0.2, -0.15) is 0 Å². The van der Waals surface area contributed by atoms with Crippen molar-refractivity contribution in [2.45, 2.75) is 22.3 Å². The Morgan fingerprint density at radius 2 is 1.40 bits per heavy atom. The zero-order valence-electron chi connectivity index (χ0n) is 8.35. The van der Waals surface area contributed by atoms with Crippen LogP contribution in [-0.2, 0) is 3.63 Å². The van der Waals surface area contributed by atoms with Gasteiger partial charge in [0, 0.05) is 0 Å². The molecule has 0 radical (unpaired) electrons. The van der Waals surface area contributed by atoms with Crippen molar-refractivity contribution in [3.05, 3.63) is 34.0 Å². The van der Waals surface area contributed by atoms with E-state index in [4.69, 9.17) is 3.63 Å². The minimum atomic E-state index is 1.23. The van der Waals surface area contributed by atoms with Crippen LogP contribution in [0, 0.1) is 13.8 Å². The summed E-state index contributed by atoms with van der Waals surface area (Å²) < 4.78 is 8.00. The zero-order valence-corrected chi connectivity index (χ0v) is 11.6. The van der Waals surface area contributed by atoms with Gasteiger partial charge in [0.2, 0.25) is 0 Å². The quantitative estimate of drug-likeness (QED) is 0.713. The smallest absolute Gasteiger partial charge is 0.0918 e. The van der Waals surface area contributed by atoms with Crippen LogP contribution >= 0.6 is 46.8 Å². The van der Waals surface area contributed by atoms with Gasteiger partial charge in [0.05, 0.1) is 32.5 Å². The van der Waals surface area contributed by atoms with Crippen LogP contribution in [0.25, 0.3) is 0 Å². The number of hydrogen-bond acceptors (Lipinski definition) is 5. The molecule has 5 heteroatoms. The summed E-state index contributed by atoms with van der Waals surface area (Å²) in [7, 11) is 0. The molecule has 0 atom stereocenters. The van der Waals surface area contributed by atoms with Crippen LogP contribution in [0.15, 0.2) is 31.3 Å². The molecule has 0 unspecified atom stereocenters. The van der Waals surface area contributed by atoms with Gasteiger partial charge < -0.3 is 0 Å². The maximum Gasteiger partial charge on any atom is 0.0918 e. The van der Waals surface area contributed by atoms with Crippen LogP contribution in [0.5, 0.6) is 0 Å². The van der Waals surface area contributed by atoms with Crippen LogP contribution < -0.4 is 0 Å². The van der Waals surface area contributed by atoms with E-state index in [0.717, 1.165) is 0 Å². The van der Waals surface area contributed by atoms with Crippen molar-refractivity contribution in [2.75, 3.05) is 0 Å². The average Bonchev–Trinajstić information content (AvgIpc) is 2.78. The maximum atomic E-state index is 5.54. The molecule has 0 amide bonds. The molecular formula is C10H10OS4. The van der Waals surface area contributed by atoms with Crippen molar-refractivity contribution >= 4 is 46.8 Å². The molecule has 0 saturated heterocycles. The minimum absolute atomic E-state index is 1.23. The monoisotopic (exact) mass is 274 g/mol. The topological polar surface area (TPSA) is 9.23 Å². The fourth-order valence-corrected chi connectivity index (χ4v) is 4.44. The lowest BCUT2D eigenvalue weighted by Gasteiger charge is -1.99. The molecule has 15 heavy (non-hydrogen) atoms. The summed E-state index contributed by atoms with van der Waals surface area (Å²) in [6.45, 7) is 4.20. The molecule has 0 saturated carbocycles. The molecule has 2 heterocycles. The maximum absolute atomic E-state index is 5.54. The third-order valence-electron chi connectivity index (χ3n) is 1.85. The second-order valence-corrected chi connectivity index (χ2v) is 7.06. The summed E-state index contributed by atoms with van der Waals surface area (Å²) in [5.41, 5.74) is 2.57. The molecule has 2 aromatic rings. The summed E-state index contributed by atoms with van der Waals surface area (Å²) in [5, 5.41) is 4.17. The van der Waals surface area contributed by atoms with E-state index in [1.165, 1.54) is 43.6 Å². The van der Waals surface area contributed by atoms with Crippen molar-refractivity contribution in [3.63, 3.8) is 0 Å². The summed E-state index contributed by atoms with van der Waals surface area (Å²) in [6.07, 6.45) is 0. The molecule has 0 spiro atoms. The first-order valence-electron chi connectivity index (χ1n) is 4.37. The summed E-state index contributed by atoms with van der Waals surface area (Å²) in [4.78, 5) is 0. The van der Waals surface area contributed by atoms with Gasteiger partial charge in [-0.25, -0.2) is 3.63 Å². The molecule has 2 rings (SSSR count). The number of aryl methyl sites for hydroxylation is 2. The van der Waals surface area contributed by atoms with Crippen LogP contribution in [-0.4, -0.2) is 0 Å². The lowest BCUT2D eigenvalue weighted by Crippen LogP contribution is -1.70. The zero-order chi connectivity index (χ0) is 10.7. The third kappa shape index (κ3) is 3.01. The van der Waals surface area contributed by atoms with Gasteiger partial charge >= 0.3 is 0 Å². The first-order chi connectivity index (χ1) is 7.27. The Bertz CT molecular complexity index is 392. The van der Waals surface area contributed by atoms with E-state index < -0.39 is 0 Å². The highest BCUT2D eigenvalue weighted by atomic mass is 32.3. The first kappa shape index (κ1) is 11.5. The van der Waals surface area contributed by atoms with E-state index in [2.05, 4.69) is 36.7 Å². The van der Waals surface area contributed by atoms with Crippen molar-refractivity contribution in [3.8, 4) is 0 Å². The first-order valence-corrected chi connectivity index (χ1v) is 7.61. The predicted octanol–water partition coefficient (Wildman–Crippen LogP) is 5.16. The van der Waals surface area contributed by atoms with Gasteiger partial charge in [-0.05, 0) is 47.9 Å². The fraction of sp³-hybridized carbons (Fsp3) is 0.200. The van der Waals surface area contributed by atoms with E-state index in [1.54, 1.807) is 22.7 Å². The average molecular weight is 274 g/mol. The van der Waals surface area contributed by atoms with Crippen molar-refractivity contribution in [1.82, 2.24) is 0 Å². The second-order valence-electron chi connectivity index (χ2n) is 3.02. The second kappa shape index (κ2) is 5.41. The molecule has 1 nitrogen and oxygen atoms in total. The van der Waals surface area contributed by atoms with E-state index in [1.807, 2.05) is 0 Å². The van der Waals surface area contributed by atoms with Gasteiger partial charge in [0.1, 0.15) is 0 Å².